The van der Waals surface area contributed by atoms with Crippen molar-refractivity contribution in [3.63, 3.8) is 0 Å². The zero-order valence-corrected chi connectivity index (χ0v) is 10.5. The van der Waals surface area contributed by atoms with Crippen LogP contribution in [-0.2, 0) is 4.52 Å². The van der Waals surface area contributed by atoms with Gasteiger partial charge in [0.25, 0.3) is 0 Å². The van der Waals surface area contributed by atoms with Crippen LogP contribution in [0.15, 0.2) is 24.3 Å². The van der Waals surface area contributed by atoms with Crippen molar-refractivity contribution in [1.82, 2.24) is 0 Å². The lowest BCUT2D eigenvalue weighted by Gasteiger charge is -2.11. The van der Waals surface area contributed by atoms with Crippen molar-refractivity contribution in [2.24, 2.45) is 0 Å². The van der Waals surface area contributed by atoms with Gasteiger partial charge in [-0.3, -0.25) is 0 Å². The van der Waals surface area contributed by atoms with Crippen molar-refractivity contribution in [2.45, 2.75) is 19.4 Å². The summed E-state index contributed by atoms with van der Waals surface area (Å²) < 4.78 is 5.34. The van der Waals surface area contributed by atoms with Gasteiger partial charge in [-0.05, 0) is 23.9 Å². The Hall–Kier alpha value is -0.140. The Morgan fingerprint density at radius 2 is 2.33 bits per heavy atom. The maximum Gasteiger partial charge on any atom is 0.0812 e. The Bertz CT molecular complexity index is 294. The van der Waals surface area contributed by atoms with Crippen LogP contribution in [0.4, 0.5) is 0 Å². The van der Waals surface area contributed by atoms with Crippen molar-refractivity contribution in [1.29, 1.82) is 0 Å². The zero-order valence-electron chi connectivity index (χ0n) is 8.74. The molecule has 1 aromatic rings. The van der Waals surface area contributed by atoms with Crippen LogP contribution in [0.1, 0.15) is 25.0 Å². The van der Waals surface area contributed by atoms with Gasteiger partial charge < -0.3 is 9.63 Å². The van der Waals surface area contributed by atoms with Gasteiger partial charge in [-0.1, -0.05) is 30.7 Å². The molecule has 0 fully saturated rings. The summed E-state index contributed by atoms with van der Waals surface area (Å²) in [5.41, 5.74) is 0.853. The molecule has 0 amide bonds. The van der Waals surface area contributed by atoms with E-state index in [4.69, 9.17) is 16.1 Å². The smallest absolute Gasteiger partial charge is 0.0812 e. The first-order valence-corrected chi connectivity index (χ1v) is 6.51. The third-order valence-electron chi connectivity index (χ3n) is 1.97. The predicted octanol–water partition coefficient (Wildman–Crippen LogP) is 3.39. The van der Waals surface area contributed by atoms with E-state index in [1.807, 2.05) is 12.1 Å². The topological polar surface area (TPSA) is 29.5 Å². The highest BCUT2D eigenvalue weighted by molar-refractivity contribution is 7.32. The molecule has 1 N–H and O–H groups in total. The lowest BCUT2D eigenvalue weighted by Crippen LogP contribution is -2.00. The SMILES string of the molecule is CCPOCCC(O)c1cccc(Cl)c1. The van der Waals surface area contributed by atoms with Gasteiger partial charge in [0, 0.05) is 20.3 Å². The van der Waals surface area contributed by atoms with Crippen LogP contribution in [-0.4, -0.2) is 17.9 Å². The van der Waals surface area contributed by atoms with Crippen molar-refractivity contribution in [3.8, 4) is 0 Å². The fraction of sp³-hybridized carbons (Fsp3) is 0.455. The molecule has 0 aromatic heterocycles. The summed E-state index contributed by atoms with van der Waals surface area (Å²) in [6.07, 6.45) is 1.17. The molecule has 0 spiro atoms. The van der Waals surface area contributed by atoms with Crippen molar-refractivity contribution in [3.05, 3.63) is 34.9 Å². The van der Waals surface area contributed by atoms with Crippen LogP contribution in [0.5, 0.6) is 0 Å². The number of benzene rings is 1. The van der Waals surface area contributed by atoms with Gasteiger partial charge in [0.2, 0.25) is 0 Å². The lowest BCUT2D eigenvalue weighted by molar-refractivity contribution is 0.145. The van der Waals surface area contributed by atoms with Crippen LogP contribution in [0.3, 0.4) is 0 Å². The van der Waals surface area contributed by atoms with E-state index >= 15 is 0 Å². The minimum atomic E-state index is -0.481. The number of aliphatic hydroxyl groups excluding tert-OH is 1. The molecule has 0 radical (unpaired) electrons. The molecule has 84 valence electrons. The number of rotatable bonds is 6. The molecule has 2 atom stereocenters. The second-order valence-electron chi connectivity index (χ2n) is 3.21. The lowest BCUT2D eigenvalue weighted by atomic mass is 10.1. The van der Waals surface area contributed by atoms with E-state index in [9.17, 15) is 5.11 Å². The summed E-state index contributed by atoms with van der Waals surface area (Å²) in [5, 5.41) is 10.5. The van der Waals surface area contributed by atoms with E-state index in [1.54, 1.807) is 12.1 Å². The molecule has 1 aromatic carbocycles. The Morgan fingerprint density at radius 1 is 1.53 bits per heavy atom. The zero-order chi connectivity index (χ0) is 11.1. The minimum absolute atomic E-state index is 0.481. The maximum absolute atomic E-state index is 9.81. The number of halogens is 1. The Morgan fingerprint density at radius 3 is 3.00 bits per heavy atom. The van der Waals surface area contributed by atoms with Crippen LogP contribution >= 0.6 is 20.4 Å². The fourth-order valence-electron chi connectivity index (χ4n) is 1.23. The summed E-state index contributed by atoms with van der Waals surface area (Å²) in [5.74, 6) is 0. The molecule has 0 bridgehead atoms. The second kappa shape index (κ2) is 7.19. The fourth-order valence-corrected chi connectivity index (χ4v) is 1.89. The first-order chi connectivity index (χ1) is 7.24. The quantitative estimate of drug-likeness (QED) is 0.616. The van der Waals surface area contributed by atoms with Gasteiger partial charge in [0.05, 0.1) is 12.7 Å². The predicted molar refractivity (Wildman–Crippen MR) is 65.8 cm³/mol. The molecule has 4 heteroatoms. The number of hydrogen-bond donors (Lipinski definition) is 1. The minimum Gasteiger partial charge on any atom is -0.388 e. The van der Waals surface area contributed by atoms with Crippen LogP contribution < -0.4 is 0 Å². The molecule has 15 heavy (non-hydrogen) atoms. The van der Waals surface area contributed by atoms with Crippen molar-refractivity contribution >= 4 is 20.4 Å². The Labute approximate surface area is 97.5 Å². The van der Waals surface area contributed by atoms with Gasteiger partial charge in [0.15, 0.2) is 0 Å². The maximum atomic E-state index is 9.81. The monoisotopic (exact) mass is 246 g/mol. The van der Waals surface area contributed by atoms with Gasteiger partial charge in [-0.15, -0.1) is 0 Å². The molecule has 0 saturated carbocycles. The average molecular weight is 247 g/mol. The molecular formula is C11H16ClO2P. The highest BCUT2D eigenvalue weighted by Crippen LogP contribution is 2.21. The van der Waals surface area contributed by atoms with Gasteiger partial charge in [-0.25, -0.2) is 0 Å². The van der Waals surface area contributed by atoms with Crippen LogP contribution in [0, 0.1) is 0 Å². The normalized spacial score (nSPS) is 13.5. The first-order valence-electron chi connectivity index (χ1n) is 5.02. The van der Waals surface area contributed by atoms with Gasteiger partial charge >= 0.3 is 0 Å². The van der Waals surface area contributed by atoms with E-state index in [1.165, 1.54) is 0 Å². The highest BCUT2D eigenvalue weighted by atomic mass is 35.5. The molecule has 0 heterocycles. The molecule has 2 nitrogen and oxygen atoms in total. The van der Waals surface area contributed by atoms with E-state index < -0.39 is 6.10 Å². The third kappa shape index (κ3) is 4.94. The van der Waals surface area contributed by atoms with E-state index in [-0.39, 0.29) is 0 Å². The molecule has 1 rings (SSSR count). The molecule has 0 aliphatic heterocycles. The van der Waals surface area contributed by atoms with E-state index in [0.29, 0.717) is 26.9 Å². The highest BCUT2D eigenvalue weighted by Gasteiger charge is 2.07. The Kier molecular flexibility index (Phi) is 6.19. The summed E-state index contributed by atoms with van der Waals surface area (Å²) >= 11 is 5.83. The largest absolute Gasteiger partial charge is 0.388 e. The summed E-state index contributed by atoms with van der Waals surface area (Å²) in [6.45, 7) is 2.67. The molecule has 0 saturated heterocycles. The Balaban J connectivity index is 2.36. The summed E-state index contributed by atoms with van der Waals surface area (Å²) in [6, 6.07) is 7.30. The average Bonchev–Trinajstić information content (AvgIpc) is 2.24. The van der Waals surface area contributed by atoms with E-state index in [2.05, 4.69) is 6.92 Å². The van der Waals surface area contributed by atoms with Crippen molar-refractivity contribution in [2.75, 3.05) is 12.8 Å². The summed E-state index contributed by atoms with van der Waals surface area (Å²) in [4.78, 5) is 0. The van der Waals surface area contributed by atoms with Crippen LogP contribution in [0.25, 0.3) is 0 Å². The van der Waals surface area contributed by atoms with Gasteiger partial charge in [0.1, 0.15) is 0 Å². The van der Waals surface area contributed by atoms with Crippen molar-refractivity contribution < 1.29 is 9.63 Å². The van der Waals surface area contributed by atoms with Crippen LogP contribution in [0.2, 0.25) is 5.02 Å². The van der Waals surface area contributed by atoms with Gasteiger partial charge in [-0.2, -0.15) is 0 Å². The first kappa shape index (κ1) is 12.9. The number of aliphatic hydroxyl groups is 1. The standard InChI is InChI=1S/C11H16ClO2P/c1-2-15-14-7-6-11(13)9-4-3-5-10(12)8-9/h3-5,8,11,13,15H,2,6-7H2,1H3. The van der Waals surface area contributed by atoms with E-state index in [0.717, 1.165) is 11.7 Å². The molecule has 0 aliphatic carbocycles. The molecule has 0 aliphatic rings. The second-order valence-corrected chi connectivity index (χ2v) is 4.93. The molecular weight excluding hydrogens is 231 g/mol. The third-order valence-corrected chi connectivity index (χ3v) is 2.91. The summed E-state index contributed by atoms with van der Waals surface area (Å²) in [7, 11) is 0.533. The number of hydrogen-bond acceptors (Lipinski definition) is 2. The molecule has 2 unspecified atom stereocenters.